The van der Waals surface area contributed by atoms with Gasteiger partial charge in [-0.05, 0) is 31.3 Å². The number of halogens is 1. The molecule has 0 unspecified atom stereocenters. The van der Waals surface area contributed by atoms with Crippen LogP contribution in [0, 0.1) is 5.82 Å². The van der Waals surface area contributed by atoms with Crippen molar-refractivity contribution in [2.45, 2.75) is 0 Å². The van der Waals surface area contributed by atoms with E-state index in [4.69, 9.17) is 5.73 Å². The molecule has 0 spiro atoms. The van der Waals surface area contributed by atoms with E-state index in [-0.39, 0.29) is 24.8 Å². The fourth-order valence-electron chi connectivity index (χ4n) is 1.30. The van der Waals surface area contributed by atoms with E-state index >= 15 is 0 Å². The number of benzene rings is 1. The molecule has 0 radical (unpaired) electrons. The molecule has 0 aliphatic carbocycles. The maximum absolute atomic E-state index is 12.6. The second-order valence-electron chi connectivity index (χ2n) is 3.69. The summed E-state index contributed by atoms with van der Waals surface area (Å²) >= 11 is 0. The van der Waals surface area contributed by atoms with Gasteiger partial charge in [0.2, 0.25) is 11.8 Å². The monoisotopic (exact) mass is 239 g/mol. The van der Waals surface area contributed by atoms with Crippen LogP contribution in [0.1, 0.15) is 0 Å². The molecule has 17 heavy (non-hydrogen) atoms. The van der Waals surface area contributed by atoms with E-state index in [1.54, 1.807) is 7.05 Å². The summed E-state index contributed by atoms with van der Waals surface area (Å²) in [6.07, 6.45) is 0. The largest absolute Gasteiger partial charge is 0.369 e. The zero-order chi connectivity index (χ0) is 12.8. The number of hydrogen-bond donors (Lipinski definition) is 2. The minimum atomic E-state index is -0.498. The van der Waals surface area contributed by atoms with Crippen LogP contribution in [0.25, 0.3) is 0 Å². The lowest BCUT2D eigenvalue weighted by Crippen LogP contribution is -2.36. The number of amides is 2. The van der Waals surface area contributed by atoms with E-state index in [1.807, 2.05) is 0 Å². The Balaban J connectivity index is 2.44. The van der Waals surface area contributed by atoms with Crippen molar-refractivity contribution in [1.82, 2.24) is 4.90 Å². The molecule has 0 bridgehead atoms. The Kier molecular flexibility index (Phi) is 4.59. The number of nitrogens with two attached hydrogens (primary N) is 1. The van der Waals surface area contributed by atoms with Crippen LogP contribution in [0.5, 0.6) is 0 Å². The predicted molar refractivity (Wildman–Crippen MR) is 61.7 cm³/mol. The van der Waals surface area contributed by atoms with Crippen molar-refractivity contribution in [3.05, 3.63) is 30.1 Å². The van der Waals surface area contributed by atoms with Gasteiger partial charge in [-0.25, -0.2) is 4.39 Å². The number of nitrogens with zero attached hydrogens (tertiary/aromatic N) is 1. The van der Waals surface area contributed by atoms with Gasteiger partial charge in [0.05, 0.1) is 13.1 Å². The number of carbonyl (C=O) groups is 2. The number of likely N-dealkylation sites (N-methyl/N-ethyl adjacent to an activating group) is 1. The highest BCUT2D eigenvalue weighted by atomic mass is 19.1. The Morgan fingerprint density at radius 1 is 1.29 bits per heavy atom. The van der Waals surface area contributed by atoms with Gasteiger partial charge in [0.15, 0.2) is 0 Å². The van der Waals surface area contributed by atoms with E-state index in [9.17, 15) is 14.0 Å². The van der Waals surface area contributed by atoms with E-state index < -0.39 is 5.91 Å². The van der Waals surface area contributed by atoms with Crippen LogP contribution in [-0.4, -0.2) is 36.9 Å². The third-order valence-corrected chi connectivity index (χ3v) is 1.97. The van der Waals surface area contributed by atoms with E-state index in [2.05, 4.69) is 5.32 Å². The first-order valence-electron chi connectivity index (χ1n) is 4.99. The van der Waals surface area contributed by atoms with Gasteiger partial charge >= 0.3 is 0 Å². The highest BCUT2D eigenvalue weighted by molar-refractivity contribution is 5.92. The number of carbonyl (C=O) groups excluding carboxylic acids is 2. The van der Waals surface area contributed by atoms with E-state index in [1.165, 1.54) is 29.2 Å². The fourth-order valence-corrected chi connectivity index (χ4v) is 1.30. The average molecular weight is 239 g/mol. The van der Waals surface area contributed by atoms with Gasteiger partial charge in [0, 0.05) is 5.69 Å². The molecule has 0 fully saturated rings. The van der Waals surface area contributed by atoms with Gasteiger partial charge in [-0.3, -0.25) is 14.5 Å². The average Bonchev–Trinajstić information content (AvgIpc) is 2.19. The first-order chi connectivity index (χ1) is 7.97. The first kappa shape index (κ1) is 13.1. The summed E-state index contributed by atoms with van der Waals surface area (Å²) in [7, 11) is 1.61. The number of rotatable bonds is 5. The lowest BCUT2D eigenvalue weighted by atomic mass is 10.3. The Hall–Kier alpha value is -1.95. The van der Waals surface area contributed by atoms with Crippen LogP contribution in [0.3, 0.4) is 0 Å². The zero-order valence-electron chi connectivity index (χ0n) is 9.44. The van der Waals surface area contributed by atoms with Crippen LogP contribution < -0.4 is 11.1 Å². The van der Waals surface area contributed by atoms with Gasteiger partial charge in [0.25, 0.3) is 0 Å². The molecular weight excluding hydrogens is 225 g/mol. The number of nitrogens with one attached hydrogen (secondary N) is 1. The second-order valence-corrected chi connectivity index (χ2v) is 3.69. The highest BCUT2D eigenvalue weighted by Crippen LogP contribution is 2.07. The maximum Gasteiger partial charge on any atom is 0.238 e. The van der Waals surface area contributed by atoms with Crippen molar-refractivity contribution in [1.29, 1.82) is 0 Å². The predicted octanol–water partition coefficient (Wildman–Crippen LogP) is 0.181. The second kappa shape index (κ2) is 5.95. The SMILES string of the molecule is CN(CC(N)=O)CC(=O)Nc1ccc(F)cc1. The van der Waals surface area contributed by atoms with Crippen LogP contribution >= 0.6 is 0 Å². The minimum Gasteiger partial charge on any atom is -0.369 e. The Bertz CT molecular complexity index is 406. The fraction of sp³-hybridized carbons (Fsp3) is 0.273. The molecule has 5 nitrogen and oxygen atoms in total. The first-order valence-corrected chi connectivity index (χ1v) is 4.99. The summed E-state index contributed by atoms with van der Waals surface area (Å²) in [6, 6.07) is 5.42. The summed E-state index contributed by atoms with van der Waals surface area (Å²) in [5, 5.41) is 2.57. The maximum atomic E-state index is 12.6. The molecule has 6 heteroatoms. The Morgan fingerprint density at radius 3 is 2.41 bits per heavy atom. The van der Waals surface area contributed by atoms with E-state index in [0.717, 1.165) is 0 Å². The van der Waals surface area contributed by atoms with E-state index in [0.29, 0.717) is 5.69 Å². The molecule has 0 atom stereocenters. The lowest BCUT2D eigenvalue weighted by molar-refractivity contribution is -0.120. The van der Waals surface area contributed by atoms with Gasteiger partial charge in [-0.1, -0.05) is 0 Å². The minimum absolute atomic E-state index is 0.0108. The smallest absolute Gasteiger partial charge is 0.238 e. The molecule has 92 valence electrons. The van der Waals surface area contributed by atoms with Gasteiger partial charge in [-0.15, -0.1) is 0 Å². The molecule has 0 saturated carbocycles. The molecule has 0 aliphatic rings. The molecule has 0 saturated heterocycles. The van der Waals surface area contributed by atoms with Gasteiger partial charge in [0.1, 0.15) is 5.82 Å². The molecular formula is C11H14FN3O2. The van der Waals surface area contributed by atoms with Crippen molar-refractivity contribution >= 4 is 17.5 Å². The van der Waals surface area contributed by atoms with Crippen molar-refractivity contribution < 1.29 is 14.0 Å². The topological polar surface area (TPSA) is 75.4 Å². The molecule has 0 aliphatic heterocycles. The molecule has 1 aromatic rings. The summed E-state index contributed by atoms with van der Waals surface area (Å²) in [5.74, 6) is -1.16. The summed E-state index contributed by atoms with van der Waals surface area (Å²) in [5.41, 5.74) is 5.49. The Morgan fingerprint density at radius 2 is 1.88 bits per heavy atom. The molecule has 2 amide bonds. The van der Waals surface area contributed by atoms with Crippen LogP contribution in [0.2, 0.25) is 0 Å². The summed E-state index contributed by atoms with van der Waals surface area (Å²) in [6.45, 7) is 0.0527. The highest BCUT2D eigenvalue weighted by Gasteiger charge is 2.08. The van der Waals surface area contributed by atoms with Crippen LogP contribution in [-0.2, 0) is 9.59 Å². The quantitative estimate of drug-likeness (QED) is 0.769. The van der Waals surface area contributed by atoms with Crippen LogP contribution in [0.15, 0.2) is 24.3 Å². The van der Waals surface area contributed by atoms with Gasteiger partial charge in [-0.2, -0.15) is 0 Å². The zero-order valence-corrected chi connectivity index (χ0v) is 9.44. The molecule has 1 rings (SSSR count). The van der Waals surface area contributed by atoms with Gasteiger partial charge < -0.3 is 11.1 Å². The number of primary amides is 1. The summed E-state index contributed by atoms with van der Waals surface area (Å²) in [4.78, 5) is 23.6. The lowest BCUT2D eigenvalue weighted by Gasteiger charge is -2.13. The van der Waals surface area contributed by atoms with Crippen molar-refractivity contribution in [3.63, 3.8) is 0 Å². The third kappa shape index (κ3) is 5.07. The molecule has 0 aromatic heterocycles. The third-order valence-electron chi connectivity index (χ3n) is 1.97. The van der Waals surface area contributed by atoms with Crippen molar-refractivity contribution in [2.75, 3.05) is 25.5 Å². The van der Waals surface area contributed by atoms with Crippen LogP contribution in [0.4, 0.5) is 10.1 Å². The normalized spacial score (nSPS) is 10.3. The number of anilines is 1. The number of hydrogen-bond acceptors (Lipinski definition) is 3. The molecule has 1 aromatic carbocycles. The molecule has 0 heterocycles. The summed E-state index contributed by atoms with van der Waals surface area (Å²) < 4.78 is 12.6. The molecule has 3 N–H and O–H groups in total. The van der Waals surface area contributed by atoms with Crippen molar-refractivity contribution in [3.8, 4) is 0 Å². The standard InChI is InChI=1S/C11H14FN3O2/c1-15(6-10(13)16)7-11(17)14-9-4-2-8(12)3-5-9/h2-5H,6-7H2,1H3,(H2,13,16)(H,14,17). The van der Waals surface area contributed by atoms with Crippen molar-refractivity contribution in [2.24, 2.45) is 5.73 Å². The Labute approximate surface area is 98.4 Å².